The highest BCUT2D eigenvalue weighted by atomic mass is 16.5. The average Bonchev–Trinajstić information content (AvgIpc) is 2.83. The number of aromatic nitrogens is 1. The maximum atomic E-state index is 5.33. The van der Waals surface area contributed by atoms with E-state index in [0.717, 1.165) is 30.8 Å². The normalized spacial score (nSPS) is 23.1. The van der Waals surface area contributed by atoms with E-state index in [2.05, 4.69) is 27.2 Å². The lowest BCUT2D eigenvalue weighted by Crippen LogP contribution is -2.18. The summed E-state index contributed by atoms with van der Waals surface area (Å²) < 4.78 is 5.33. The second kappa shape index (κ2) is 4.65. The highest BCUT2D eigenvalue weighted by molar-refractivity contribution is 5.58. The second-order valence-electron chi connectivity index (χ2n) is 4.90. The van der Waals surface area contributed by atoms with E-state index in [1.54, 1.807) is 7.11 Å². The third-order valence-electron chi connectivity index (χ3n) is 3.84. The standard InChI is InChI=1S/C13H18N4O/c1-17-7-3-4-11(17)10-8-14-13(18-2)9-5-6-15-16-12(9)10/h8,11H,3-7H2,1-2H3/t11-/m0/s1. The van der Waals surface area contributed by atoms with Gasteiger partial charge in [0.15, 0.2) is 0 Å². The van der Waals surface area contributed by atoms with Crippen LogP contribution in [0.25, 0.3) is 0 Å². The van der Waals surface area contributed by atoms with Crippen molar-refractivity contribution in [2.45, 2.75) is 25.3 Å². The Kier molecular flexibility index (Phi) is 2.99. The van der Waals surface area contributed by atoms with Crippen LogP contribution in [0.2, 0.25) is 0 Å². The van der Waals surface area contributed by atoms with Crippen LogP contribution in [-0.4, -0.2) is 37.1 Å². The van der Waals surface area contributed by atoms with E-state index in [1.165, 1.54) is 18.4 Å². The van der Waals surface area contributed by atoms with Crippen LogP contribution in [0.4, 0.5) is 5.69 Å². The Morgan fingerprint density at radius 1 is 1.44 bits per heavy atom. The first-order valence-corrected chi connectivity index (χ1v) is 6.44. The number of ether oxygens (including phenoxy) is 1. The Bertz CT molecular complexity index is 486. The average molecular weight is 246 g/mol. The van der Waals surface area contributed by atoms with Crippen molar-refractivity contribution >= 4 is 5.69 Å². The number of hydrogen-bond donors (Lipinski definition) is 0. The molecule has 3 heterocycles. The Balaban J connectivity index is 2.08. The van der Waals surface area contributed by atoms with Crippen LogP contribution in [0.15, 0.2) is 16.4 Å². The molecule has 5 nitrogen and oxygen atoms in total. The topological polar surface area (TPSA) is 50.1 Å². The summed E-state index contributed by atoms with van der Waals surface area (Å²) in [6, 6.07) is 0.425. The minimum Gasteiger partial charge on any atom is -0.481 e. The Morgan fingerprint density at radius 3 is 3.06 bits per heavy atom. The van der Waals surface area contributed by atoms with Gasteiger partial charge in [0.2, 0.25) is 5.88 Å². The summed E-state index contributed by atoms with van der Waals surface area (Å²) in [6.45, 7) is 1.87. The SMILES string of the molecule is COc1ncc([C@@H]2CCCN2C)c2c1CCN=N2. The van der Waals surface area contributed by atoms with Crippen LogP contribution in [0, 0.1) is 0 Å². The predicted molar refractivity (Wildman–Crippen MR) is 68.5 cm³/mol. The van der Waals surface area contributed by atoms with E-state index in [9.17, 15) is 0 Å². The Morgan fingerprint density at radius 2 is 2.33 bits per heavy atom. The molecule has 1 fully saturated rings. The Hall–Kier alpha value is -1.49. The summed E-state index contributed by atoms with van der Waals surface area (Å²) in [5, 5.41) is 8.53. The van der Waals surface area contributed by atoms with Crippen molar-refractivity contribution in [3.63, 3.8) is 0 Å². The molecule has 2 aliphatic rings. The van der Waals surface area contributed by atoms with Gasteiger partial charge in [-0.05, 0) is 26.4 Å². The Labute approximate surface area is 107 Å². The molecule has 0 spiro atoms. The molecule has 0 aromatic carbocycles. The molecule has 3 rings (SSSR count). The molecule has 0 radical (unpaired) electrons. The molecule has 1 atom stereocenters. The maximum absolute atomic E-state index is 5.33. The highest BCUT2D eigenvalue weighted by Gasteiger charge is 2.28. The molecule has 5 heteroatoms. The first-order chi connectivity index (χ1) is 8.81. The molecule has 18 heavy (non-hydrogen) atoms. The van der Waals surface area contributed by atoms with Gasteiger partial charge in [-0.2, -0.15) is 10.2 Å². The lowest BCUT2D eigenvalue weighted by Gasteiger charge is -2.23. The summed E-state index contributed by atoms with van der Waals surface area (Å²) in [5.74, 6) is 0.702. The van der Waals surface area contributed by atoms with Crippen molar-refractivity contribution in [1.82, 2.24) is 9.88 Å². The number of fused-ring (bicyclic) bond motifs is 1. The van der Waals surface area contributed by atoms with Gasteiger partial charge in [0, 0.05) is 29.8 Å². The molecule has 0 amide bonds. The third kappa shape index (κ3) is 1.79. The highest BCUT2D eigenvalue weighted by Crippen LogP contribution is 2.41. The molecule has 0 saturated carbocycles. The zero-order valence-corrected chi connectivity index (χ0v) is 10.9. The van der Waals surface area contributed by atoms with Crippen molar-refractivity contribution in [3.8, 4) is 5.88 Å². The van der Waals surface area contributed by atoms with Crippen LogP contribution in [-0.2, 0) is 6.42 Å². The number of pyridine rings is 1. The molecule has 0 unspecified atom stereocenters. The van der Waals surface area contributed by atoms with E-state index < -0.39 is 0 Å². The predicted octanol–water partition coefficient (Wildman–Crippen LogP) is 2.50. The minimum absolute atomic E-state index is 0.425. The van der Waals surface area contributed by atoms with Crippen LogP contribution < -0.4 is 4.74 Å². The fourth-order valence-electron chi connectivity index (χ4n) is 2.89. The fourth-order valence-corrected chi connectivity index (χ4v) is 2.89. The largest absolute Gasteiger partial charge is 0.481 e. The van der Waals surface area contributed by atoms with E-state index in [1.807, 2.05) is 6.20 Å². The van der Waals surface area contributed by atoms with Crippen LogP contribution in [0.1, 0.15) is 30.0 Å². The molecular weight excluding hydrogens is 228 g/mol. The number of nitrogens with zero attached hydrogens (tertiary/aromatic N) is 4. The quantitative estimate of drug-likeness (QED) is 0.805. The molecule has 1 aromatic heterocycles. The lowest BCUT2D eigenvalue weighted by molar-refractivity contribution is 0.316. The summed E-state index contributed by atoms with van der Waals surface area (Å²) >= 11 is 0. The van der Waals surface area contributed by atoms with Gasteiger partial charge in [-0.3, -0.25) is 4.90 Å². The number of azo groups is 1. The van der Waals surface area contributed by atoms with E-state index in [0.29, 0.717) is 11.9 Å². The molecular formula is C13H18N4O. The summed E-state index contributed by atoms with van der Waals surface area (Å²) in [4.78, 5) is 6.81. The van der Waals surface area contributed by atoms with Crippen molar-refractivity contribution in [1.29, 1.82) is 0 Å². The molecule has 0 aliphatic carbocycles. The van der Waals surface area contributed by atoms with Gasteiger partial charge in [0.25, 0.3) is 0 Å². The maximum Gasteiger partial charge on any atom is 0.218 e. The smallest absolute Gasteiger partial charge is 0.218 e. The monoisotopic (exact) mass is 246 g/mol. The van der Waals surface area contributed by atoms with Crippen molar-refractivity contribution in [2.24, 2.45) is 10.2 Å². The second-order valence-corrected chi connectivity index (χ2v) is 4.90. The third-order valence-corrected chi connectivity index (χ3v) is 3.84. The molecule has 1 aromatic rings. The van der Waals surface area contributed by atoms with Gasteiger partial charge in [-0.1, -0.05) is 0 Å². The minimum atomic E-state index is 0.425. The lowest BCUT2D eigenvalue weighted by atomic mass is 10.00. The van der Waals surface area contributed by atoms with Gasteiger partial charge < -0.3 is 4.74 Å². The zero-order valence-electron chi connectivity index (χ0n) is 10.9. The van der Waals surface area contributed by atoms with E-state index in [-0.39, 0.29) is 0 Å². The van der Waals surface area contributed by atoms with Gasteiger partial charge in [-0.15, -0.1) is 0 Å². The van der Waals surface area contributed by atoms with E-state index >= 15 is 0 Å². The van der Waals surface area contributed by atoms with Crippen LogP contribution in [0.3, 0.4) is 0 Å². The summed E-state index contributed by atoms with van der Waals surface area (Å²) in [7, 11) is 3.82. The molecule has 96 valence electrons. The number of rotatable bonds is 2. The van der Waals surface area contributed by atoms with E-state index in [4.69, 9.17) is 4.74 Å². The number of likely N-dealkylation sites (tertiary alicyclic amines) is 1. The molecule has 0 N–H and O–H groups in total. The van der Waals surface area contributed by atoms with Gasteiger partial charge >= 0.3 is 0 Å². The number of hydrogen-bond acceptors (Lipinski definition) is 5. The molecule has 1 saturated heterocycles. The first kappa shape index (κ1) is 11.6. The fraction of sp³-hybridized carbons (Fsp3) is 0.615. The van der Waals surface area contributed by atoms with Gasteiger partial charge in [-0.25, -0.2) is 4.98 Å². The van der Waals surface area contributed by atoms with Crippen molar-refractivity contribution in [2.75, 3.05) is 27.2 Å². The summed E-state index contributed by atoms with van der Waals surface area (Å²) in [6.07, 6.45) is 5.19. The molecule has 0 bridgehead atoms. The zero-order chi connectivity index (χ0) is 12.5. The summed E-state index contributed by atoms with van der Waals surface area (Å²) in [5.41, 5.74) is 3.31. The first-order valence-electron chi connectivity index (χ1n) is 6.44. The van der Waals surface area contributed by atoms with Gasteiger partial charge in [0.1, 0.15) is 5.69 Å². The van der Waals surface area contributed by atoms with Crippen molar-refractivity contribution in [3.05, 3.63) is 17.3 Å². The number of methoxy groups -OCH3 is 1. The molecule has 2 aliphatic heterocycles. The van der Waals surface area contributed by atoms with Gasteiger partial charge in [0.05, 0.1) is 13.7 Å². The van der Waals surface area contributed by atoms with Crippen LogP contribution >= 0.6 is 0 Å². The van der Waals surface area contributed by atoms with Crippen LogP contribution in [0.5, 0.6) is 5.88 Å². The van der Waals surface area contributed by atoms with Crippen molar-refractivity contribution < 1.29 is 4.74 Å².